The molecule has 0 atom stereocenters. The summed E-state index contributed by atoms with van der Waals surface area (Å²) < 4.78 is 15.0. The van der Waals surface area contributed by atoms with Crippen LogP contribution in [0.4, 0.5) is 0 Å². The fraction of sp³-hybridized carbons (Fsp3) is 0.417. The van der Waals surface area contributed by atoms with Crippen LogP contribution < -0.4 is 16.0 Å². The van der Waals surface area contributed by atoms with E-state index in [0.29, 0.717) is 36.0 Å². The highest BCUT2D eigenvalue weighted by Gasteiger charge is 2.24. The zero-order valence-corrected chi connectivity index (χ0v) is 26.0. The molecule has 0 radical (unpaired) electrons. The highest BCUT2D eigenvalue weighted by atomic mass is 16.5. The van der Waals surface area contributed by atoms with Crippen LogP contribution >= 0.6 is 0 Å². The van der Waals surface area contributed by atoms with Gasteiger partial charge >= 0.3 is 11.7 Å². The molecular formula is C36H43N3O6. The average molecular weight is 614 g/mol. The van der Waals surface area contributed by atoms with E-state index in [1.54, 1.807) is 29.9 Å². The Hall–Kier alpha value is -4.21. The topological polar surface area (TPSA) is 103 Å². The molecule has 0 spiro atoms. The molecular weight excluding hydrogens is 570 g/mol. The molecule has 9 nitrogen and oxygen atoms in total. The summed E-state index contributed by atoms with van der Waals surface area (Å²) in [6, 6.07) is 26.0. The van der Waals surface area contributed by atoms with Gasteiger partial charge in [0.15, 0.2) is 0 Å². The number of benzene rings is 3. The number of aryl methyl sites for hydroxylation is 1. The maximum Gasteiger partial charge on any atom is 0.331 e. The summed E-state index contributed by atoms with van der Waals surface area (Å²) in [6.45, 7) is 3.54. The smallest absolute Gasteiger partial charge is 0.331 e. The van der Waals surface area contributed by atoms with Gasteiger partial charge in [-0.1, -0.05) is 60.7 Å². The van der Waals surface area contributed by atoms with Crippen molar-refractivity contribution in [2.75, 3.05) is 26.7 Å². The summed E-state index contributed by atoms with van der Waals surface area (Å²) in [5, 5.41) is 9.38. The zero-order valence-electron chi connectivity index (χ0n) is 26.0. The van der Waals surface area contributed by atoms with Gasteiger partial charge < -0.3 is 19.5 Å². The number of rotatable bonds is 15. The molecule has 238 valence electrons. The number of nitrogens with zero attached hydrogens (tertiary/aromatic N) is 3. The first-order valence-electron chi connectivity index (χ1n) is 16.0. The molecule has 4 aromatic rings. The molecule has 1 fully saturated rings. The number of carboxylic acids is 1. The van der Waals surface area contributed by atoms with Gasteiger partial charge in [-0.2, -0.15) is 0 Å². The molecule has 5 rings (SSSR count). The van der Waals surface area contributed by atoms with Gasteiger partial charge in [0.05, 0.1) is 24.1 Å². The van der Waals surface area contributed by atoms with Crippen LogP contribution in [0.3, 0.4) is 0 Å². The molecule has 1 N–H and O–H groups in total. The second-order valence-corrected chi connectivity index (χ2v) is 11.7. The van der Waals surface area contributed by atoms with Crippen molar-refractivity contribution in [1.82, 2.24) is 14.0 Å². The van der Waals surface area contributed by atoms with Crippen molar-refractivity contribution in [1.29, 1.82) is 0 Å². The molecule has 1 aromatic heterocycles. The number of carbonyl (C=O) groups is 1. The second kappa shape index (κ2) is 15.7. The number of hydrogen-bond donors (Lipinski definition) is 1. The van der Waals surface area contributed by atoms with E-state index in [2.05, 4.69) is 53.4 Å². The van der Waals surface area contributed by atoms with Crippen molar-refractivity contribution in [2.24, 2.45) is 0 Å². The summed E-state index contributed by atoms with van der Waals surface area (Å²) in [6.07, 6.45) is 4.59. The minimum Gasteiger partial charge on any atom is -0.497 e. The minimum atomic E-state index is -0.886. The number of aromatic nitrogens is 2. The third-order valence-electron chi connectivity index (χ3n) is 8.63. The number of methoxy groups -OCH3 is 1. The third kappa shape index (κ3) is 8.29. The minimum absolute atomic E-state index is 0.00828. The van der Waals surface area contributed by atoms with Crippen LogP contribution in [0.1, 0.15) is 62.2 Å². The normalized spacial score (nSPS) is 14.3. The maximum atomic E-state index is 13.5. The summed E-state index contributed by atoms with van der Waals surface area (Å²) in [4.78, 5) is 40.1. The quantitative estimate of drug-likeness (QED) is 0.177. The standard InChI is InChI=1S/C36H43N3O6/c1-44-30-17-18-32-31(26-30)35(42)39(23-9-8-16-33(40)41)36(43)38(32)22-11-10-21-37-24-19-29(20-25-37)45-34(27-12-4-2-5-13-27)28-14-6-3-7-15-28/h2-7,12-15,17-18,26,29,34H,8-11,16,19-25H2,1H3,(H,40,41). The van der Waals surface area contributed by atoms with Crippen molar-refractivity contribution in [3.8, 4) is 5.75 Å². The number of hydrogen-bond acceptors (Lipinski definition) is 6. The molecule has 2 heterocycles. The van der Waals surface area contributed by atoms with Gasteiger partial charge in [0.2, 0.25) is 0 Å². The highest BCUT2D eigenvalue weighted by molar-refractivity contribution is 5.79. The van der Waals surface area contributed by atoms with Crippen LogP contribution in [0, 0.1) is 0 Å². The van der Waals surface area contributed by atoms with Crippen molar-refractivity contribution in [3.63, 3.8) is 0 Å². The Bertz CT molecular complexity index is 1620. The van der Waals surface area contributed by atoms with E-state index in [9.17, 15) is 14.4 Å². The lowest BCUT2D eigenvalue weighted by atomic mass is 10.00. The fourth-order valence-electron chi connectivity index (χ4n) is 6.16. The lowest BCUT2D eigenvalue weighted by molar-refractivity contribution is -0.137. The summed E-state index contributed by atoms with van der Waals surface area (Å²) >= 11 is 0. The van der Waals surface area contributed by atoms with Crippen molar-refractivity contribution in [2.45, 2.75) is 70.2 Å². The van der Waals surface area contributed by atoms with Crippen LogP contribution in [0.5, 0.6) is 5.75 Å². The lowest BCUT2D eigenvalue weighted by Gasteiger charge is -2.34. The molecule has 0 aliphatic carbocycles. The molecule has 45 heavy (non-hydrogen) atoms. The highest BCUT2D eigenvalue weighted by Crippen LogP contribution is 2.30. The molecule has 9 heteroatoms. The summed E-state index contributed by atoms with van der Waals surface area (Å²) in [5.41, 5.74) is 2.21. The number of ether oxygens (including phenoxy) is 2. The Morgan fingerprint density at radius 1 is 0.822 bits per heavy atom. The van der Waals surface area contributed by atoms with Gasteiger partial charge in [0.1, 0.15) is 11.9 Å². The van der Waals surface area contributed by atoms with Crippen LogP contribution in [0.2, 0.25) is 0 Å². The number of piperidine rings is 1. The Balaban J connectivity index is 1.18. The number of carboxylic acid groups (broad SMARTS) is 1. The van der Waals surface area contributed by atoms with Crippen LogP contribution in [0.15, 0.2) is 88.5 Å². The van der Waals surface area contributed by atoms with Crippen LogP contribution in [-0.2, 0) is 22.6 Å². The van der Waals surface area contributed by atoms with Gasteiger partial charge in [0.25, 0.3) is 5.56 Å². The Kier molecular flexibility index (Phi) is 11.2. The third-order valence-corrected chi connectivity index (χ3v) is 8.63. The van der Waals surface area contributed by atoms with E-state index in [1.807, 2.05) is 12.1 Å². The first kappa shape index (κ1) is 32.2. The second-order valence-electron chi connectivity index (χ2n) is 11.7. The first-order chi connectivity index (χ1) is 21.9. The van der Waals surface area contributed by atoms with Crippen LogP contribution in [-0.4, -0.2) is 58.0 Å². The number of likely N-dealkylation sites (tertiary alicyclic amines) is 1. The van der Waals surface area contributed by atoms with Crippen molar-refractivity contribution in [3.05, 3.63) is 111 Å². The van der Waals surface area contributed by atoms with E-state index in [1.165, 1.54) is 15.7 Å². The predicted octanol–water partition coefficient (Wildman–Crippen LogP) is 5.48. The Morgan fingerprint density at radius 3 is 2.04 bits per heavy atom. The summed E-state index contributed by atoms with van der Waals surface area (Å²) in [7, 11) is 1.54. The van der Waals surface area contributed by atoms with Crippen molar-refractivity contribution < 1.29 is 19.4 Å². The van der Waals surface area contributed by atoms with Gasteiger partial charge in [-0.15, -0.1) is 0 Å². The Labute approximate surface area is 263 Å². The summed E-state index contributed by atoms with van der Waals surface area (Å²) in [5.74, 6) is -0.336. The first-order valence-corrected chi connectivity index (χ1v) is 16.0. The molecule has 0 bridgehead atoms. The van der Waals surface area contributed by atoms with E-state index >= 15 is 0 Å². The number of aliphatic carboxylic acids is 1. The number of unbranched alkanes of at least 4 members (excludes halogenated alkanes) is 2. The van der Waals surface area contributed by atoms with E-state index in [4.69, 9.17) is 14.6 Å². The molecule has 0 saturated carbocycles. The molecule has 0 amide bonds. The van der Waals surface area contributed by atoms with E-state index < -0.39 is 5.97 Å². The van der Waals surface area contributed by atoms with Crippen molar-refractivity contribution >= 4 is 16.9 Å². The predicted molar refractivity (Wildman–Crippen MR) is 175 cm³/mol. The largest absolute Gasteiger partial charge is 0.497 e. The zero-order chi connectivity index (χ0) is 31.6. The van der Waals surface area contributed by atoms with Crippen LogP contribution in [0.25, 0.3) is 10.9 Å². The van der Waals surface area contributed by atoms with Gasteiger partial charge in [-0.25, -0.2) is 4.79 Å². The molecule has 1 saturated heterocycles. The maximum absolute atomic E-state index is 13.5. The fourth-order valence-corrected chi connectivity index (χ4v) is 6.16. The molecule has 3 aromatic carbocycles. The lowest BCUT2D eigenvalue weighted by Crippen LogP contribution is -2.40. The van der Waals surface area contributed by atoms with Gasteiger partial charge in [-0.05, 0) is 74.4 Å². The molecule has 1 aliphatic heterocycles. The molecule has 0 unspecified atom stereocenters. The van der Waals surface area contributed by atoms with Gasteiger partial charge in [-0.3, -0.25) is 18.7 Å². The SMILES string of the molecule is COc1ccc2c(c1)c(=O)n(CCCCC(=O)O)c(=O)n2CCCCN1CCC(OC(c2ccccc2)c2ccccc2)CC1. The van der Waals surface area contributed by atoms with E-state index in [-0.39, 0.29) is 36.4 Å². The van der Waals surface area contributed by atoms with Gasteiger partial charge in [0, 0.05) is 32.6 Å². The molecule has 1 aliphatic rings. The Morgan fingerprint density at radius 2 is 1.42 bits per heavy atom. The average Bonchev–Trinajstić information content (AvgIpc) is 3.07. The monoisotopic (exact) mass is 613 g/mol. The van der Waals surface area contributed by atoms with E-state index in [0.717, 1.165) is 45.3 Å². The number of fused-ring (bicyclic) bond motifs is 1.